The van der Waals surface area contributed by atoms with Crippen LogP contribution < -0.4 is 0 Å². The second kappa shape index (κ2) is 6.38. The summed E-state index contributed by atoms with van der Waals surface area (Å²) in [5.41, 5.74) is 0. The predicted molar refractivity (Wildman–Crippen MR) is 93.1 cm³/mol. The van der Waals surface area contributed by atoms with Crippen molar-refractivity contribution < 1.29 is 19.8 Å². The maximum Gasteiger partial charge on any atom is 0.178 e. The number of aromatic hydroxyl groups is 2. The van der Waals surface area contributed by atoms with Crippen LogP contribution in [0.2, 0.25) is 0 Å². The van der Waals surface area contributed by atoms with Gasteiger partial charge in [0.25, 0.3) is 0 Å². The summed E-state index contributed by atoms with van der Waals surface area (Å²) in [4.78, 5) is 20.6. The van der Waals surface area contributed by atoms with Gasteiger partial charge >= 0.3 is 0 Å². The quantitative estimate of drug-likeness (QED) is 0.377. The Morgan fingerprint density at radius 1 is 0.625 bits per heavy atom. The second-order valence-corrected chi connectivity index (χ2v) is 5.33. The summed E-state index contributed by atoms with van der Waals surface area (Å²) in [6.07, 6.45) is 5.01. The lowest BCUT2D eigenvalue weighted by molar-refractivity contribution is -0.113. The van der Waals surface area contributed by atoms with Gasteiger partial charge in [-0.25, -0.2) is 0 Å². The third-order valence-electron chi connectivity index (χ3n) is 3.66. The molecule has 0 unspecified atom stereocenters. The largest absolute Gasteiger partial charge is 0.504 e. The van der Waals surface area contributed by atoms with Crippen molar-refractivity contribution in [1.29, 1.82) is 0 Å². The third kappa shape index (κ3) is 3.17. The normalized spacial score (nSPS) is 13.2. The second-order valence-electron chi connectivity index (χ2n) is 5.33. The van der Waals surface area contributed by atoms with Gasteiger partial charge in [0.05, 0.1) is 0 Å². The number of hydrogen-bond acceptors (Lipinski definition) is 4. The van der Waals surface area contributed by atoms with Crippen molar-refractivity contribution in [3.8, 4) is 11.5 Å². The molecule has 0 aromatic heterocycles. The van der Waals surface area contributed by atoms with E-state index < -0.39 is 0 Å². The summed E-state index contributed by atoms with van der Waals surface area (Å²) in [5.74, 6) is -0.375. The van der Waals surface area contributed by atoms with E-state index in [1.165, 1.54) is 30.4 Å². The van der Waals surface area contributed by atoms with E-state index in [1.54, 1.807) is 6.07 Å². The number of rotatable bonds is 0. The molecule has 4 heteroatoms. The topological polar surface area (TPSA) is 74.6 Å². The summed E-state index contributed by atoms with van der Waals surface area (Å²) < 4.78 is 0. The summed E-state index contributed by atoms with van der Waals surface area (Å²) in [6, 6.07) is 15.1. The molecule has 118 valence electrons. The highest BCUT2D eigenvalue weighted by molar-refractivity contribution is 6.14. The van der Waals surface area contributed by atoms with Crippen molar-refractivity contribution in [2.24, 2.45) is 0 Å². The minimum atomic E-state index is -0.121. The molecule has 0 bridgehead atoms. The molecule has 1 aliphatic carbocycles. The number of phenolic OH excluding ortho intramolecular Hbond substituents is 2. The zero-order valence-corrected chi connectivity index (χ0v) is 12.6. The monoisotopic (exact) mass is 318 g/mol. The maximum absolute atomic E-state index is 10.3. The van der Waals surface area contributed by atoms with Crippen LogP contribution in [0, 0.1) is 0 Å². The van der Waals surface area contributed by atoms with Gasteiger partial charge < -0.3 is 10.2 Å². The summed E-state index contributed by atoms with van der Waals surface area (Å²) in [7, 11) is 0. The lowest BCUT2D eigenvalue weighted by atomic mass is 10.0. The van der Waals surface area contributed by atoms with Crippen LogP contribution in [0.1, 0.15) is 0 Å². The molecule has 0 spiro atoms. The first-order chi connectivity index (χ1) is 11.5. The van der Waals surface area contributed by atoms with Crippen LogP contribution in [0.25, 0.3) is 21.5 Å². The summed E-state index contributed by atoms with van der Waals surface area (Å²) in [5, 5.41) is 23.0. The van der Waals surface area contributed by atoms with Crippen molar-refractivity contribution in [3.63, 3.8) is 0 Å². The number of fused-ring (bicyclic) bond motifs is 2. The number of carbonyl (C=O) groups is 2. The van der Waals surface area contributed by atoms with E-state index in [0.29, 0.717) is 5.39 Å². The molecule has 24 heavy (non-hydrogen) atoms. The van der Waals surface area contributed by atoms with E-state index in [4.69, 9.17) is 0 Å². The molecule has 0 atom stereocenters. The predicted octanol–water partition coefficient (Wildman–Crippen LogP) is 3.65. The molecule has 0 saturated carbocycles. The summed E-state index contributed by atoms with van der Waals surface area (Å²) in [6.45, 7) is 0. The van der Waals surface area contributed by atoms with Crippen molar-refractivity contribution in [2.75, 3.05) is 0 Å². The van der Waals surface area contributed by atoms with Crippen molar-refractivity contribution in [2.45, 2.75) is 0 Å². The average Bonchev–Trinajstić information content (AvgIpc) is 2.60. The van der Waals surface area contributed by atoms with Crippen LogP contribution in [-0.2, 0) is 9.59 Å². The minimum Gasteiger partial charge on any atom is -0.504 e. The lowest BCUT2D eigenvalue weighted by Crippen LogP contribution is -1.97. The SMILES string of the molecule is O=C1C=CC(=O)C=C1.Oc1ccc2cc3ccccc3cc2c1O. The fraction of sp³-hybridized carbons (Fsp3) is 0. The van der Waals surface area contributed by atoms with Crippen LogP contribution in [0.15, 0.2) is 72.8 Å². The van der Waals surface area contributed by atoms with Crippen LogP contribution in [0.3, 0.4) is 0 Å². The Balaban J connectivity index is 0.000000179. The number of ketones is 2. The van der Waals surface area contributed by atoms with Gasteiger partial charge in [-0.1, -0.05) is 30.3 Å². The van der Waals surface area contributed by atoms with Gasteiger partial charge in [0.1, 0.15) is 0 Å². The molecule has 0 radical (unpaired) electrons. The highest BCUT2D eigenvalue weighted by Crippen LogP contribution is 2.35. The van der Waals surface area contributed by atoms with E-state index in [-0.39, 0.29) is 23.1 Å². The smallest absolute Gasteiger partial charge is 0.178 e. The fourth-order valence-corrected chi connectivity index (χ4v) is 2.43. The third-order valence-corrected chi connectivity index (χ3v) is 3.66. The molecule has 4 rings (SSSR count). The van der Waals surface area contributed by atoms with Crippen molar-refractivity contribution in [1.82, 2.24) is 0 Å². The van der Waals surface area contributed by atoms with Gasteiger partial charge in [0.2, 0.25) is 0 Å². The zero-order valence-electron chi connectivity index (χ0n) is 12.6. The van der Waals surface area contributed by atoms with E-state index >= 15 is 0 Å². The summed E-state index contributed by atoms with van der Waals surface area (Å²) >= 11 is 0. The first-order valence-corrected chi connectivity index (χ1v) is 7.32. The van der Waals surface area contributed by atoms with E-state index in [9.17, 15) is 19.8 Å². The van der Waals surface area contributed by atoms with Gasteiger partial charge in [-0.15, -0.1) is 0 Å². The van der Waals surface area contributed by atoms with E-state index in [1.807, 2.05) is 36.4 Å². The molecule has 0 fully saturated rings. The highest BCUT2D eigenvalue weighted by Gasteiger charge is 2.06. The molecule has 2 N–H and O–H groups in total. The molecule has 3 aromatic carbocycles. The molecule has 3 aromatic rings. The van der Waals surface area contributed by atoms with Crippen LogP contribution in [0.5, 0.6) is 11.5 Å². The molecule has 0 saturated heterocycles. The molecule has 0 amide bonds. The fourth-order valence-electron chi connectivity index (χ4n) is 2.43. The van der Waals surface area contributed by atoms with Gasteiger partial charge in [-0.05, 0) is 58.7 Å². The van der Waals surface area contributed by atoms with Gasteiger partial charge in [-0.3, -0.25) is 9.59 Å². The molecule has 0 heterocycles. The molecule has 4 nitrogen and oxygen atoms in total. The molecular formula is C20H14O4. The minimum absolute atomic E-state index is 0.0525. The van der Waals surface area contributed by atoms with Crippen LogP contribution in [-0.4, -0.2) is 21.8 Å². The van der Waals surface area contributed by atoms with Gasteiger partial charge in [-0.2, -0.15) is 0 Å². The molecule has 0 aliphatic heterocycles. The molecular weight excluding hydrogens is 304 g/mol. The number of carbonyl (C=O) groups excluding carboxylic acids is 2. The van der Waals surface area contributed by atoms with Gasteiger partial charge in [0.15, 0.2) is 23.1 Å². The Morgan fingerprint density at radius 2 is 1.17 bits per heavy atom. The van der Waals surface area contributed by atoms with Gasteiger partial charge in [0, 0.05) is 5.39 Å². The Bertz CT molecular complexity index is 975. The Labute approximate surface area is 138 Å². The number of benzene rings is 3. The zero-order chi connectivity index (χ0) is 17.1. The van der Waals surface area contributed by atoms with Crippen molar-refractivity contribution >= 4 is 33.1 Å². The van der Waals surface area contributed by atoms with Crippen molar-refractivity contribution in [3.05, 3.63) is 72.8 Å². The Hall–Kier alpha value is -3.40. The maximum atomic E-state index is 10.3. The Kier molecular flexibility index (Phi) is 4.12. The Morgan fingerprint density at radius 3 is 1.75 bits per heavy atom. The lowest BCUT2D eigenvalue weighted by Gasteiger charge is -2.05. The van der Waals surface area contributed by atoms with E-state index in [2.05, 4.69) is 0 Å². The first-order valence-electron chi connectivity index (χ1n) is 7.32. The number of allylic oxidation sites excluding steroid dienone is 4. The first kappa shape index (κ1) is 15.5. The number of phenols is 2. The van der Waals surface area contributed by atoms with Crippen LogP contribution >= 0.6 is 0 Å². The van der Waals surface area contributed by atoms with Crippen LogP contribution in [0.4, 0.5) is 0 Å². The molecule has 1 aliphatic rings. The average molecular weight is 318 g/mol. The van der Waals surface area contributed by atoms with E-state index in [0.717, 1.165) is 16.2 Å². The number of hydrogen-bond donors (Lipinski definition) is 2. The standard InChI is InChI=1S/C14H10O2.C6H4O2/c15-13-6-5-11-7-9-3-1-2-4-10(9)8-12(11)14(13)16;7-5-1-2-6(8)4-3-5/h1-8,15-16H;1-4H. The highest BCUT2D eigenvalue weighted by atomic mass is 16.3.